The van der Waals surface area contributed by atoms with Gasteiger partial charge in [-0.3, -0.25) is 14.9 Å². The van der Waals surface area contributed by atoms with E-state index in [1.807, 2.05) is 30.3 Å². The van der Waals surface area contributed by atoms with Crippen molar-refractivity contribution in [1.82, 2.24) is 0 Å². The van der Waals surface area contributed by atoms with Gasteiger partial charge in [0.15, 0.2) is 5.78 Å². The van der Waals surface area contributed by atoms with Crippen LogP contribution in [0.4, 0.5) is 5.69 Å². The second-order valence-corrected chi connectivity index (χ2v) is 4.56. The molecule has 0 radical (unpaired) electrons. The molecule has 0 N–H and O–H groups in total. The smallest absolute Gasteiger partial charge is 0.285 e. The minimum Gasteiger partial charge on any atom is -0.489 e. The number of nitro groups is 1. The van der Waals surface area contributed by atoms with E-state index < -0.39 is 16.4 Å². The number of nitrogens with zero attached hydrogens (tertiary/aromatic N) is 2. The number of rotatable bonds is 5. The van der Waals surface area contributed by atoms with Gasteiger partial charge in [-0.15, -0.1) is 0 Å². The molecule has 0 saturated carbocycles. The fourth-order valence-electron chi connectivity index (χ4n) is 2.03. The fourth-order valence-corrected chi connectivity index (χ4v) is 2.03. The summed E-state index contributed by atoms with van der Waals surface area (Å²) in [6, 6.07) is 13.6. The monoisotopic (exact) mass is 296 g/mol. The van der Waals surface area contributed by atoms with Crippen LogP contribution in [0.1, 0.15) is 28.4 Å². The van der Waals surface area contributed by atoms with E-state index in [0.29, 0.717) is 0 Å². The summed E-state index contributed by atoms with van der Waals surface area (Å²) in [5.41, 5.74) is 0.207. The Balaban J connectivity index is 2.37. The van der Waals surface area contributed by atoms with Gasteiger partial charge in [0.25, 0.3) is 5.69 Å². The van der Waals surface area contributed by atoms with Crippen molar-refractivity contribution >= 4 is 11.5 Å². The lowest BCUT2D eigenvalue weighted by Gasteiger charge is -2.09. The summed E-state index contributed by atoms with van der Waals surface area (Å²) in [5.74, 6) is -0.352. The van der Waals surface area contributed by atoms with Crippen LogP contribution in [0.5, 0.6) is 5.75 Å². The zero-order valence-electron chi connectivity index (χ0n) is 11.8. The van der Waals surface area contributed by atoms with E-state index in [9.17, 15) is 14.9 Å². The van der Waals surface area contributed by atoms with Gasteiger partial charge in [-0.1, -0.05) is 30.3 Å². The zero-order valence-corrected chi connectivity index (χ0v) is 11.8. The molecule has 0 aliphatic heterocycles. The predicted molar refractivity (Wildman–Crippen MR) is 78.6 cm³/mol. The molecule has 0 fully saturated rings. The molecule has 0 spiro atoms. The first-order valence-electron chi connectivity index (χ1n) is 6.43. The molecule has 0 aliphatic rings. The fraction of sp³-hybridized carbons (Fsp3) is 0.125. The molecule has 2 aromatic carbocycles. The molecule has 0 amide bonds. The number of hydrogen-bond acceptors (Lipinski definition) is 5. The van der Waals surface area contributed by atoms with Gasteiger partial charge in [-0.2, -0.15) is 5.26 Å². The third-order valence-electron chi connectivity index (χ3n) is 3.01. The Morgan fingerprint density at radius 1 is 1.32 bits per heavy atom. The molecule has 22 heavy (non-hydrogen) atoms. The number of benzene rings is 2. The highest BCUT2D eigenvalue weighted by molar-refractivity contribution is 6.00. The summed E-state index contributed by atoms with van der Waals surface area (Å²) in [4.78, 5) is 22.0. The van der Waals surface area contributed by atoms with Crippen molar-refractivity contribution < 1.29 is 14.5 Å². The highest BCUT2D eigenvalue weighted by Crippen LogP contribution is 2.29. The molecule has 0 unspecified atom stereocenters. The van der Waals surface area contributed by atoms with Gasteiger partial charge in [0, 0.05) is 0 Å². The largest absolute Gasteiger partial charge is 0.489 e. The van der Waals surface area contributed by atoms with Crippen molar-refractivity contribution in [2.45, 2.75) is 13.5 Å². The van der Waals surface area contributed by atoms with Crippen LogP contribution in [-0.4, -0.2) is 10.7 Å². The molecular formula is C16H12N2O4. The Morgan fingerprint density at radius 3 is 2.55 bits per heavy atom. The number of nitriles is 1. The van der Waals surface area contributed by atoms with Crippen LogP contribution < -0.4 is 4.74 Å². The van der Waals surface area contributed by atoms with Gasteiger partial charge in [-0.05, 0) is 18.6 Å². The highest BCUT2D eigenvalue weighted by Gasteiger charge is 2.23. The Kier molecular flexibility index (Phi) is 4.49. The molecule has 0 atom stereocenters. The van der Waals surface area contributed by atoms with Crippen molar-refractivity contribution in [2.75, 3.05) is 0 Å². The lowest BCUT2D eigenvalue weighted by Crippen LogP contribution is -2.05. The minimum absolute atomic E-state index is 0.0650. The van der Waals surface area contributed by atoms with Gasteiger partial charge in [0.1, 0.15) is 24.0 Å². The van der Waals surface area contributed by atoms with Gasteiger partial charge in [0.2, 0.25) is 0 Å². The highest BCUT2D eigenvalue weighted by atomic mass is 16.6. The normalized spacial score (nSPS) is 9.82. The molecule has 0 heterocycles. The lowest BCUT2D eigenvalue weighted by atomic mass is 10.0. The van der Waals surface area contributed by atoms with Crippen LogP contribution in [0.15, 0.2) is 42.5 Å². The first-order valence-corrected chi connectivity index (χ1v) is 6.43. The van der Waals surface area contributed by atoms with E-state index in [-0.39, 0.29) is 23.5 Å². The number of Topliss-reactive ketones (excluding diaryl/α,β-unsaturated/α-hetero) is 1. The van der Waals surface area contributed by atoms with Gasteiger partial charge >= 0.3 is 0 Å². The van der Waals surface area contributed by atoms with Crippen LogP contribution in [0, 0.1) is 21.4 Å². The number of carbonyl (C=O) groups excluding carboxylic acids is 1. The zero-order chi connectivity index (χ0) is 16.1. The Hall–Kier alpha value is -3.20. The quantitative estimate of drug-likeness (QED) is 0.479. The lowest BCUT2D eigenvalue weighted by molar-refractivity contribution is -0.385. The first-order chi connectivity index (χ1) is 10.5. The molecule has 2 rings (SSSR count). The van der Waals surface area contributed by atoms with E-state index in [4.69, 9.17) is 10.00 Å². The molecule has 0 aromatic heterocycles. The summed E-state index contributed by atoms with van der Waals surface area (Å²) in [6.45, 7) is 1.40. The Labute approximate surface area is 126 Å². The Bertz CT molecular complexity index is 764. The van der Waals surface area contributed by atoms with Crippen molar-refractivity contribution in [3.05, 3.63) is 69.3 Å². The average Bonchev–Trinajstić information content (AvgIpc) is 2.52. The minimum atomic E-state index is -0.688. The van der Waals surface area contributed by atoms with Crippen LogP contribution in [0.2, 0.25) is 0 Å². The molecular weight excluding hydrogens is 284 g/mol. The second kappa shape index (κ2) is 6.50. The Morgan fingerprint density at radius 2 is 2.00 bits per heavy atom. The van der Waals surface area contributed by atoms with Gasteiger partial charge in [-0.25, -0.2) is 0 Å². The topological polar surface area (TPSA) is 93.2 Å². The maximum Gasteiger partial charge on any atom is 0.285 e. The van der Waals surface area contributed by atoms with E-state index in [2.05, 4.69) is 0 Å². The van der Waals surface area contributed by atoms with E-state index in [1.54, 1.807) is 6.07 Å². The van der Waals surface area contributed by atoms with Crippen LogP contribution in [0.25, 0.3) is 0 Å². The van der Waals surface area contributed by atoms with Gasteiger partial charge < -0.3 is 4.74 Å². The van der Waals surface area contributed by atoms with Crippen molar-refractivity contribution in [3.63, 3.8) is 0 Å². The average molecular weight is 296 g/mol. The number of hydrogen-bond donors (Lipinski definition) is 0. The SMILES string of the molecule is CC(=O)c1c(C#N)cc(OCc2ccccc2)cc1[N+](=O)[O-]. The van der Waals surface area contributed by atoms with Crippen molar-refractivity contribution in [1.29, 1.82) is 5.26 Å². The molecule has 0 saturated heterocycles. The number of carbonyl (C=O) groups is 1. The van der Waals surface area contributed by atoms with Crippen LogP contribution in [0.3, 0.4) is 0 Å². The second-order valence-electron chi connectivity index (χ2n) is 4.56. The summed E-state index contributed by atoms with van der Waals surface area (Å²) >= 11 is 0. The summed E-state index contributed by atoms with van der Waals surface area (Å²) in [7, 11) is 0. The third-order valence-corrected chi connectivity index (χ3v) is 3.01. The summed E-state index contributed by atoms with van der Waals surface area (Å²) in [5, 5.41) is 20.2. The first kappa shape index (κ1) is 15.2. The third kappa shape index (κ3) is 3.27. The number of ether oxygens (including phenoxy) is 1. The molecule has 0 bridgehead atoms. The van der Waals surface area contributed by atoms with Crippen LogP contribution >= 0.6 is 0 Å². The van der Waals surface area contributed by atoms with E-state index >= 15 is 0 Å². The maximum absolute atomic E-state index is 11.5. The van der Waals surface area contributed by atoms with Gasteiger partial charge in [0.05, 0.1) is 16.6 Å². The molecule has 6 heteroatoms. The van der Waals surface area contributed by atoms with Crippen molar-refractivity contribution in [2.24, 2.45) is 0 Å². The molecule has 2 aromatic rings. The molecule has 6 nitrogen and oxygen atoms in total. The van der Waals surface area contributed by atoms with E-state index in [0.717, 1.165) is 5.56 Å². The van der Waals surface area contributed by atoms with Crippen LogP contribution in [-0.2, 0) is 6.61 Å². The maximum atomic E-state index is 11.5. The standard InChI is InChI=1S/C16H12N2O4/c1-11(19)16-13(9-17)7-14(8-15(16)18(20)21)22-10-12-5-3-2-4-6-12/h2-8H,10H2,1H3. The molecule has 0 aliphatic carbocycles. The summed E-state index contributed by atoms with van der Waals surface area (Å²) < 4.78 is 5.49. The summed E-state index contributed by atoms with van der Waals surface area (Å²) in [6.07, 6.45) is 0. The molecule has 110 valence electrons. The number of ketones is 1. The van der Waals surface area contributed by atoms with Crippen molar-refractivity contribution in [3.8, 4) is 11.8 Å². The predicted octanol–water partition coefficient (Wildman–Crippen LogP) is 3.25. The van der Waals surface area contributed by atoms with E-state index in [1.165, 1.54) is 19.1 Å². The number of nitro benzene ring substituents is 1.